The predicted octanol–water partition coefficient (Wildman–Crippen LogP) is 4.36. The summed E-state index contributed by atoms with van der Waals surface area (Å²) in [6.07, 6.45) is 14.4. The minimum atomic E-state index is -1.07. The highest BCUT2D eigenvalue weighted by Crippen LogP contribution is 2.34. The summed E-state index contributed by atoms with van der Waals surface area (Å²) in [5.74, 6) is -2.26. The number of hydrogen-bond acceptors (Lipinski definition) is 8. The summed E-state index contributed by atoms with van der Waals surface area (Å²) in [5, 5.41) is 24.1. The second-order valence-corrected chi connectivity index (χ2v) is 12.4. The third-order valence-electron chi connectivity index (χ3n) is 8.77. The summed E-state index contributed by atoms with van der Waals surface area (Å²) in [6.45, 7) is 8.16. The van der Waals surface area contributed by atoms with Gasteiger partial charge in [-0.3, -0.25) is 14.5 Å². The van der Waals surface area contributed by atoms with Crippen LogP contribution in [0.4, 0.5) is 5.69 Å². The van der Waals surface area contributed by atoms with Gasteiger partial charge >= 0.3 is 5.97 Å². The number of halogens is 1. The van der Waals surface area contributed by atoms with Crippen molar-refractivity contribution in [2.45, 2.75) is 44.3 Å². The van der Waals surface area contributed by atoms with Crippen LogP contribution in [0.25, 0.3) is 11.8 Å². The number of nitrogens with one attached hydrogen (secondary N) is 1. The van der Waals surface area contributed by atoms with Gasteiger partial charge in [-0.2, -0.15) is 4.68 Å². The first-order chi connectivity index (χ1) is 23.1. The molecule has 0 spiro atoms. The highest BCUT2D eigenvalue weighted by molar-refractivity contribution is 6.30. The number of carboxylic acids is 1. The lowest BCUT2D eigenvalue weighted by Crippen LogP contribution is -2.62. The molecule has 3 heterocycles. The van der Waals surface area contributed by atoms with E-state index in [-0.39, 0.29) is 23.6 Å². The molecule has 13 heteroatoms. The number of anilines is 1. The molecule has 2 aromatic carbocycles. The monoisotopic (exact) mass is 670 g/mol. The number of benzene rings is 2. The Balaban J connectivity index is 1.51. The molecule has 5 rings (SSSR count). The van der Waals surface area contributed by atoms with E-state index < -0.39 is 23.8 Å². The molecule has 3 atom stereocenters. The molecule has 2 saturated heterocycles. The number of amides is 2. The number of nitrogens with two attached hydrogens (primary N) is 1. The minimum Gasteiger partial charge on any atom is -0.478 e. The van der Waals surface area contributed by atoms with E-state index in [4.69, 9.17) is 17.3 Å². The molecular weight excluding hydrogens is 632 g/mol. The zero-order valence-corrected chi connectivity index (χ0v) is 27.4. The molecule has 0 aliphatic carbocycles. The van der Waals surface area contributed by atoms with Crippen LogP contribution in [-0.4, -0.2) is 90.7 Å². The molecule has 2 aliphatic heterocycles. The maximum absolute atomic E-state index is 14.3. The van der Waals surface area contributed by atoms with Gasteiger partial charge in [0.25, 0.3) is 0 Å². The second kappa shape index (κ2) is 15.8. The van der Waals surface area contributed by atoms with E-state index in [1.807, 2.05) is 31.2 Å². The van der Waals surface area contributed by atoms with Gasteiger partial charge in [-0.05, 0) is 104 Å². The fourth-order valence-corrected chi connectivity index (χ4v) is 6.41. The van der Waals surface area contributed by atoms with Crippen molar-refractivity contribution in [1.29, 1.82) is 0 Å². The highest BCUT2D eigenvalue weighted by Gasteiger charge is 2.44. The number of carboxylic acid groups (broad SMARTS) is 1. The molecule has 0 saturated carbocycles. The quantitative estimate of drug-likeness (QED) is 0.210. The number of allylic oxidation sites excluding steroid dienone is 4. The Kier molecular flexibility index (Phi) is 11.3. The Bertz CT molecular complexity index is 1710. The van der Waals surface area contributed by atoms with E-state index in [0.717, 1.165) is 25.9 Å². The lowest BCUT2D eigenvalue weighted by atomic mass is 9.79. The van der Waals surface area contributed by atoms with Crippen molar-refractivity contribution < 1.29 is 19.5 Å². The van der Waals surface area contributed by atoms with Gasteiger partial charge in [0, 0.05) is 46.9 Å². The van der Waals surface area contributed by atoms with Crippen LogP contribution in [0.3, 0.4) is 0 Å². The molecule has 1 unspecified atom stereocenters. The summed E-state index contributed by atoms with van der Waals surface area (Å²) in [7, 11) is 0. The van der Waals surface area contributed by atoms with E-state index in [0.29, 0.717) is 40.5 Å². The van der Waals surface area contributed by atoms with Gasteiger partial charge in [0.1, 0.15) is 12.4 Å². The van der Waals surface area contributed by atoms with Crippen molar-refractivity contribution in [3.8, 4) is 5.69 Å². The third kappa shape index (κ3) is 8.32. The zero-order chi connectivity index (χ0) is 34.2. The van der Waals surface area contributed by atoms with Crippen LogP contribution >= 0.6 is 11.6 Å². The lowest BCUT2D eigenvalue weighted by molar-refractivity contribution is -0.140. The van der Waals surface area contributed by atoms with Gasteiger partial charge in [0.05, 0.1) is 11.3 Å². The molecule has 4 N–H and O–H groups in total. The van der Waals surface area contributed by atoms with Crippen LogP contribution in [0.1, 0.15) is 42.1 Å². The van der Waals surface area contributed by atoms with Crippen LogP contribution in [0.5, 0.6) is 0 Å². The Hall–Kier alpha value is -4.91. The average molecular weight is 671 g/mol. The molecule has 2 fully saturated rings. The molecule has 3 aromatic rings. The molecule has 250 valence electrons. The number of rotatable bonds is 10. The molecule has 48 heavy (non-hydrogen) atoms. The van der Waals surface area contributed by atoms with Crippen LogP contribution in [0.2, 0.25) is 5.02 Å². The number of carbonyl (C=O) groups is 3. The van der Waals surface area contributed by atoms with Crippen molar-refractivity contribution >= 4 is 41.1 Å². The Morgan fingerprint density at radius 1 is 1.08 bits per heavy atom. The van der Waals surface area contributed by atoms with E-state index >= 15 is 0 Å². The van der Waals surface area contributed by atoms with Crippen molar-refractivity contribution in [3.05, 3.63) is 107 Å². The Labute approximate surface area is 284 Å². The molecular formula is C35H39ClN8O4. The molecule has 0 bridgehead atoms. The van der Waals surface area contributed by atoms with Crippen molar-refractivity contribution in [2.24, 2.45) is 11.7 Å². The smallest absolute Gasteiger partial charge is 0.335 e. The van der Waals surface area contributed by atoms with Gasteiger partial charge < -0.3 is 21.1 Å². The van der Waals surface area contributed by atoms with E-state index in [1.54, 1.807) is 29.2 Å². The van der Waals surface area contributed by atoms with E-state index in [9.17, 15) is 19.5 Å². The fourth-order valence-electron chi connectivity index (χ4n) is 6.23. The lowest BCUT2D eigenvalue weighted by Gasteiger charge is -2.48. The maximum atomic E-state index is 14.3. The van der Waals surface area contributed by atoms with Crippen LogP contribution in [0.15, 0.2) is 91.3 Å². The normalized spacial score (nSPS) is 20.9. The third-order valence-corrected chi connectivity index (χ3v) is 9.01. The summed E-state index contributed by atoms with van der Waals surface area (Å²) >= 11 is 6.32. The summed E-state index contributed by atoms with van der Waals surface area (Å²) in [5.41, 5.74) is 8.67. The highest BCUT2D eigenvalue weighted by atomic mass is 35.5. The number of hydrogen-bond donors (Lipinski definition) is 3. The Morgan fingerprint density at radius 3 is 2.50 bits per heavy atom. The Morgan fingerprint density at radius 2 is 1.83 bits per heavy atom. The van der Waals surface area contributed by atoms with Gasteiger partial charge in [0.15, 0.2) is 0 Å². The first kappa shape index (κ1) is 34.4. The van der Waals surface area contributed by atoms with Crippen LogP contribution < -0.4 is 11.1 Å². The number of piperidine rings is 2. The predicted molar refractivity (Wildman–Crippen MR) is 185 cm³/mol. The number of likely N-dealkylation sites (tertiary alicyclic amines) is 2. The SMILES string of the molecule is C=C(/C=C\C=C/C)[C@@H]1C[C@H](N2CCC(N)CC2)CN(C(=O)/C=C/c2cc(Cl)ccc2-n2cnnn2)C1C(=O)Nc1ccc(C(=O)O)cc1. The maximum Gasteiger partial charge on any atom is 0.335 e. The van der Waals surface area contributed by atoms with Crippen molar-refractivity contribution in [2.75, 3.05) is 25.0 Å². The topological polar surface area (TPSA) is 160 Å². The van der Waals surface area contributed by atoms with Crippen molar-refractivity contribution in [3.63, 3.8) is 0 Å². The molecule has 1 aromatic heterocycles. The molecule has 12 nitrogen and oxygen atoms in total. The molecule has 0 radical (unpaired) electrons. The van der Waals surface area contributed by atoms with Gasteiger partial charge in [-0.1, -0.05) is 42.5 Å². The fraction of sp³-hybridized carbons (Fsp3) is 0.314. The standard InChI is InChI=1S/C35H39ClN8O4/c1-3-4-5-6-23(2)30-20-29(42-17-15-27(37)16-18-42)21-43(33(30)34(46)39-28-11-7-24(8-12-28)35(47)48)32(45)14-9-25-19-26(36)10-13-31(25)44-22-38-40-41-44/h3-14,19,22,27,29-30,33H,2,15-18,20-21,37H2,1H3,(H,39,46)(H,47,48)/b4-3-,6-5-,14-9+/t29-,30-,33?/m0/s1. The second-order valence-electron chi connectivity index (χ2n) is 11.9. The van der Waals surface area contributed by atoms with Gasteiger partial charge in [0.2, 0.25) is 11.8 Å². The van der Waals surface area contributed by atoms with E-state index in [2.05, 4.69) is 32.3 Å². The zero-order valence-electron chi connectivity index (χ0n) is 26.7. The van der Waals surface area contributed by atoms with Gasteiger partial charge in [-0.15, -0.1) is 5.10 Å². The number of carbonyl (C=O) groups excluding carboxylic acids is 2. The number of nitrogens with zero attached hydrogens (tertiary/aromatic N) is 6. The number of aromatic carboxylic acids is 1. The van der Waals surface area contributed by atoms with E-state index in [1.165, 1.54) is 41.4 Å². The first-order valence-corrected chi connectivity index (χ1v) is 16.2. The summed E-state index contributed by atoms with van der Waals surface area (Å²) in [6, 6.07) is 10.3. The first-order valence-electron chi connectivity index (χ1n) is 15.8. The average Bonchev–Trinajstić information content (AvgIpc) is 3.62. The van der Waals surface area contributed by atoms with Gasteiger partial charge in [-0.25, -0.2) is 4.79 Å². The number of tetrazole rings is 1. The number of aromatic nitrogens is 4. The van der Waals surface area contributed by atoms with Crippen molar-refractivity contribution in [1.82, 2.24) is 30.0 Å². The molecule has 2 aliphatic rings. The molecule has 2 amide bonds. The minimum absolute atomic E-state index is 0.0337. The summed E-state index contributed by atoms with van der Waals surface area (Å²) in [4.78, 5) is 43.8. The van der Waals surface area contributed by atoms with Crippen LogP contribution in [0, 0.1) is 5.92 Å². The largest absolute Gasteiger partial charge is 0.478 e. The summed E-state index contributed by atoms with van der Waals surface area (Å²) < 4.78 is 1.47. The van der Waals surface area contributed by atoms with Crippen LogP contribution in [-0.2, 0) is 9.59 Å².